The normalized spacial score (nSPS) is 15.3. The molecule has 7 heteroatoms. The zero-order valence-electron chi connectivity index (χ0n) is 15.0. The van der Waals surface area contributed by atoms with Gasteiger partial charge in [0.25, 0.3) is 0 Å². The van der Waals surface area contributed by atoms with Gasteiger partial charge in [-0.15, -0.1) is 0 Å². The number of fused-ring (bicyclic) bond motifs is 1. The summed E-state index contributed by atoms with van der Waals surface area (Å²) in [5.74, 6) is -0.220. The van der Waals surface area contributed by atoms with Crippen molar-refractivity contribution in [2.75, 3.05) is 31.5 Å². The topological polar surface area (TPSA) is 100 Å². The molecule has 2 amide bonds. The van der Waals surface area contributed by atoms with Gasteiger partial charge in [-0.2, -0.15) is 5.26 Å². The van der Waals surface area contributed by atoms with Crippen LogP contribution in [0.15, 0.2) is 36.4 Å². The molecule has 1 aliphatic rings. The number of rotatable bonds is 5. The van der Waals surface area contributed by atoms with Crippen LogP contribution < -0.4 is 15.4 Å². The average molecular weight is 365 g/mol. The minimum Gasteiger partial charge on any atom is -0.494 e. The number of nitrogens with one attached hydrogen (secondary N) is 2. The number of nitriles is 1. The van der Waals surface area contributed by atoms with Gasteiger partial charge in [-0.25, -0.2) is 0 Å². The van der Waals surface area contributed by atoms with Crippen LogP contribution >= 0.6 is 0 Å². The highest BCUT2D eigenvalue weighted by atomic mass is 16.5. The van der Waals surface area contributed by atoms with E-state index in [0.717, 1.165) is 11.1 Å². The minimum atomic E-state index is -0.307. The van der Waals surface area contributed by atoms with Gasteiger partial charge in [-0.3, -0.25) is 9.59 Å². The zero-order chi connectivity index (χ0) is 19.4. The Kier molecular flexibility index (Phi) is 5.38. The Hall–Kier alpha value is -3.37. The molecule has 0 bridgehead atoms. The Bertz CT molecular complexity index is 933. The summed E-state index contributed by atoms with van der Waals surface area (Å²) in [5, 5.41) is 14.8. The van der Waals surface area contributed by atoms with Crippen molar-refractivity contribution in [1.29, 1.82) is 5.26 Å². The Morgan fingerprint density at radius 2 is 2.15 bits per heavy atom. The van der Waals surface area contributed by atoms with E-state index in [0.29, 0.717) is 22.7 Å². The fraction of sp³-hybridized carbons (Fsp3) is 0.250. The summed E-state index contributed by atoms with van der Waals surface area (Å²) in [6.07, 6.45) is 0.250. The maximum absolute atomic E-state index is 12.2. The van der Waals surface area contributed by atoms with Crippen molar-refractivity contribution in [2.45, 2.75) is 12.3 Å². The highest BCUT2D eigenvalue weighted by molar-refractivity contribution is 5.98. The second kappa shape index (κ2) is 7.89. The largest absolute Gasteiger partial charge is 0.494 e. The molecule has 0 saturated heterocycles. The van der Waals surface area contributed by atoms with Crippen LogP contribution in [0.5, 0.6) is 5.75 Å². The third-order valence-corrected chi connectivity index (χ3v) is 4.38. The lowest BCUT2D eigenvalue weighted by Crippen LogP contribution is -2.24. The summed E-state index contributed by atoms with van der Waals surface area (Å²) >= 11 is 0. The number of anilines is 2. The van der Waals surface area contributed by atoms with Crippen molar-refractivity contribution in [1.82, 2.24) is 0 Å². The smallest absolute Gasteiger partial charge is 0.250 e. The summed E-state index contributed by atoms with van der Waals surface area (Å²) < 4.78 is 10.2. The van der Waals surface area contributed by atoms with Crippen LogP contribution in [0.3, 0.4) is 0 Å². The predicted molar refractivity (Wildman–Crippen MR) is 99.7 cm³/mol. The van der Waals surface area contributed by atoms with Gasteiger partial charge in [0.2, 0.25) is 11.8 Å². The van der Waals surface area contributed by atoms with Crippen LogP contribution in [0.1, 0.15) is 29.0 Å². The Morgan fingerprint density at radius 1 is 1.33 bits per heavy atom. The molecule has 2 N–H and O–H groups in total. The first-order valence-electron chi connectivity index (χ1n) is 8.36. The van der Waals surface area contributed by atoms with Crippen LogP contribution in [0, 0.1) is 11.3 Å². The van der Waals surface area contributed by atoms with E-state index >= 15 is 0 Å². The van der Waals surface area contributed by atoms with Gasteiger partial charge >= 0.3 is 0 Å². The summed E-state index contributed by atoms with van der Waals surface area (Å²) in [7, 11) is 2.93. The molecule has 3 rings (SSSR count). The molecule has 0 aliphatic carbocycles. The number of amides is 2. The molecule has 0 spiro atoms. The monoisotopic (exact) mass is 365 g/mol. The Balaban J connectivity index is 2.07. The minimum absolute atomic E-state index is 0.0788. The summed E-state index contributed by atoms with van der Waals surface area (Å²) in [4.78, 5) is 24.1. The van der Waals surface area contributed by atoms with Crippen molar-refractivity contribution >= 4 is 23.2 Å². The molecule has 1 aliphatic heterocycles. The van der Waals surface area contributed by atoms with E-state index in [9.17, 15) is 9.59 Å². The van der Waals surface area contributed by atoms with Crippen LogP contribution in [0.4, 0.5) is 11.4 Å². The van der Waals surface area contributed by atoms with E-state index in [-0.39, 0.29) is 30.8 Å². The van der Waals surface area contributed by atoms with E-state index in [1.54, 1.807) is 30.3 Å². The molecule has 138 valence electrons. The molecule has 0 saturated carbocycles. The van der Waals surface area contributed by atoms with E-state index in [4.69, 9.17) is 14.7 Å². The first kappa shape index (κ1) is 18.4. The standard InChI is InChI=1S/C20H19N3O4/c1-26-11-20(25)23-17-7-15-14(13-5-3-4-12(6-13)10-21)8-19(24)22-16(15)9-18(17)27-2/h3-7,9,14H,8,11H2,1-2H3,(H,22,24)(H,23,25)/t14-/m0/s1. The first-order chi connectivity index (χ1) is 13.0. The van der Waals surface area contributed by atoms with Crippen LogP contribution in [0.25, 0.3) is 0 Å². The molecule has 27 heavy (non-hydrogen) atoms. The van der Waals surface area contributed by atoms with Crippen molar-refractivity contribution in [3.05, 3.63) is 53.1 Å². The molecule has 1 atom stereocenters. The third kappa shape index (κ3) is 3.91. The molecule has 0 fully saturated rings. The lowest BCUT2D eigenvalue weighted by molar-refractivity contribution is -0.119. The van der Waals surface area contributed by atoms with Crippen molar-refractivity contribution in [3.63, 3.8) is 0 Å². The van der Waals surface area contributed by atoms with Gasteiger partial charge in [0, 0.05) is 31.2 Å². The average Bonchev–Trinajstić information content (AvgIpc) is 2.67. The maximum atomic E-state index is 12.2. The van der Waals surface area contributed by atoms with Gasteiger partial charge < -0.3 is 20.1 Å². The van der Waals surface area contributed by atoms with Gasteiger partial charge in [0.15, 0.2) is 0 Å². The van der Waals surface area contributed by atoms with Crippen LogP contribution in [-0.2, 0) is 14.3 Å². The SMILES string of the molecule is COCC(=O)Nc1cc2c(cc1OC)NC(=O)C[C@H]2c1cccc(C#N)c1. The van der Waals surface area contributed by atoms with Crippen LogP contribution in [0.2, 0.25) is 0 Å². The van der Waals surface area contributed by atoms with Crippen molar-refractivity contribution in [2.24, 2.45) is 0 Å². The molecule has 2 aromatic carbocycles. The van der Waals surface area contributed by atoms with E-state index in [2.05, 4.69) is 16.7 Å². The predicted octanol–water partition coefficient (Wildman–Crippen LogP) is 2.63. The fourth-order valence-electron chi connectivity index (χ4n) is 3.20. The summed E-state index contributed by atoms with van der Waals surface area (Å²) in [5.41, 5.74) is 3.36. The number of nitrogens with zero attached hydrogens (tertiary/aromatic N) is 1. The van der Waals surface area contributed by atoms with Crippen molar-refractivity contribution < 1.29 is 19.1 Å². The second-order valence-corrected chi connectivity index (χ2v) is 6.16. The number of benzene rings is 2. The lowest BCUT2D eigenvalue weighted by Gasteiger charge is -2.27. The molecule has 0 aromatic heterocycles. The summed E-state index contributed by atoms with van der Waals surface area (Å²) in [6.45, 7) is -0.0788. The van der Waals surface area contributed by atoms with Gasteiger partial charge in [0.1, 0.15) is 12.4 Å². The summed E-state index contributed by atoms with van der Waals surface area (Å²) in [6, 6.07) is 12.8. The molecule has 0 radical (unpaired) electrons. The fourth-order valence-corrected chi connectivity index (χ4v) is 3.20. The van der Waals surface area contributed by atoms with E-state index in [1.807, 2.05) is 6.07 Å². The Morgan fingerprint density at radius 3 is 2.85 bits per heavy atom. The molecule has 0 unspecified atom stereocenters. The quantitative estimate of drug-likeness (QED) is 0.848. The lowest BCUT2D eigenvalue weighted by atomic mass is 9.84. The Labute approximate surface area is 156 Å². The molecular formula is C20H19N3O4. The maximum Gasteiger partial charge on any atom is 0.250 e. The highest BCUT2D eigenvalue weighted by Crippen LogP contribution is 2.42. The zero-order valence-corrected chi connectivity index (χ0v) is 15.0. The number of methoxy groups -OCH3 is 2. The van der Waals surface area contributed by atoms with E-state index in [1.165, 1.54) is 14.2 Å². The highest BCUT2D eigenvalue weighted by Gasteiger charge is 2.28. The molecule has 2 aromatic rings. The number of hydrogen-bond donors (Lipinski definition) is 2. The number of carbonyl (C=O) groups is 2. The van der Waals surface area contributed by atoms with Gasteiger partial charge in [0.05, 0.1) is 24.4 Å². The second-order valence-electron chi connectivity index (χ2n) is 6.16. The molecule has 7 nitrogen and oxygen atoms in total. The number of hydrogen-bond acceptors (Lipinski definition) is 5. The van der Waals surface area contributed by atoms with Gasteiger partial charge in [-0.05, 0) is 29.3 Å². The first-order valence-corrected chi connectivity index (χ1v) is 8.36. The van der Waals surface area contributed by atoms with Gasteiger partial charge in [-0.1, -0.05) is 12.1 Å². The van der Waals surface area contributed by atoms with Crippen LogP contribution in [-0.4, -0.2) is 32.6 Å². The third-order valence-electron chi connectivity index (χ3n) is 4.38. The number of ether oxygens (including phenoxy) is 2. The molecular weight excluding hydrogens is 346 g/mol. The van der Waals surface area contributed by atoms with E-state index < -0.39 is 0 Å². The number of carbonyl (C=O) groups excluding carboxylic acids is 2. The molecule has 1 heterocycles. The van der Waals surface area contributed by atoms with Crippen molar-refractivity contribution in [3.8, 4) is 11.8 Å².